The highest BCUT2D eigenvalue weighted by Gasteiger charge is 2.55. The number of methoxy groups -OCH3 is 1. The molecule has 128 valence electrons. The number of nitrogens with one attached hydrogen (secondary N) is 1. The van der Waals surface area contributed by atoms with Gasteiger partial charge < -0.3 is 10.1 Å². The van der Waals surface area contributed by atoms with Crippen LogP contribution in [-0.4, -0.2) is 23.9 Å². The van der Waals surface area contributed by atoms with E-state index in [9.17, 15) is 9.59 Å². The summed E-state index contributed by atoms with van der Waals surface area (Å²) in [7, 11) is 1.59. The number of rotatable bonds is 3. The largest absolute Gasteiger partial charge is 0.496 e. The number of ether oxygens (including phenoxy) is 1. The lowest BCUT2D eigenvalue weighted by molar-refractivity contribution is -0.132. The zero-order chi connectivity index (χ0) is 17.6. The van der Waals surface area contributed by atoms with Crippen LogP contribution in [0.1, 0.15) is 28.7 Å². The summed E-state index contributed by atoms with van der Waals surface area (Å²) >= 11 is 0. The molecule has 1 fully saturated rings. The van der Waals surface area contributed by atoms with Gasteiger partial charge in [0.2, 0.25) is 0 Å². The summed E-state index contributed by atoms with van der Waals surface area (Å²) in [5.74, 6) is 0.505. The summed E-state index contributed by atoms with van der Waals surface area (Å²) in [5.41, 5.74) is 3.03. The van der Waals surface area contributed by atoms with E-state index in [0.717, 1.165) is 28.7 Å². The summed E-state index contributed by atoms with van der Waals surface area (Å²) in [6.07, 6.45) is 1.40. The van der Waals surface area contributed by atoms with Crippen molar-refractivity contribution in [3.63, 3.8) is 0 Å². The van der Waals surface area contributed by atoms with E-state index in [0.29, 0.717) is 12.2 Å². The Bertz CT molecular complexity index is 877. The minimum atomic E-state index is -0.912. The second-order valence-corrected chi connectivity index (χ2v) is 6.70. The van der Waals surface area contributed by atoms with Crippen molar-refractivity contribution in [3.05, 3.63) is 64.7 Å². The smallest absolute Gasteiger partial charge is 0.325 e. The van der Waals surface area contributed by atoms with Gasteiger partial charge in [-0.3, -0.25) is 9.69 Å². The van der Waals surface area contributed by atoms with Gasteiger partial charge >= 0.3 is 6.03 Å². The molecule has 1 aliphatic carbocycles. The predicted molar refractivity (Wildman–Crippen MR) is 93.3 cm³/mol. The zero-order valence-corrected chi connectivity index (χ0v) is 14.3. The first kappa shape index (κ1) is 15.7. The van der Waals surface area contributed by atoms with Crippen LogP contribution in [0.3, 0.4) is 0 Å². The molecule has 2 aromatic rings. The molecule has 1 N–H and O–H groups in total. The molecule has 3 amide bonds. The number of aryl methyl sites for hydroxylation is 2. The van der Waals surface area contributed by atoms with Crippen molar-refractivity contribution in [3.8, 4) is 5.75 Å². The number of carbonyl (C=O) groups is 2. The monoisotopic (exact) mass is 336 g/mol. The van der Waals surface area contributed by atoms with Gasteiger partial charge in [-0.1, -0.05) is 42.0 Å². The number of hydrogen-bond acceptors (Lipinski definition) is 3. The highest BCUT2D eigenvalue weighted by Crippen LogP contribution is 2.41. The molecule has 5 heteroatoms. The highest BCUT2D eigenvalue weighted by molar-refractivity contribution is 6.08. The molecule has 1 spiro atoms. The van der Waals surface area contributed by atoms with Crippen LogP contribution < -0.4 is 10.1 Å². The Morgan fingerprint density at radius 1 is 1.20 bits per heavy atom. The van der Waals surface area contributed by atoms with Crippen molar-refractivity contribution < 1.29 is 14.3 Å². The van der Waals surface area contributed by atoms with Crippen molar-refractivity contribution in [2.75, 3.05) is 7.11 Å². The quantitative estimate of drug-likeness (QED) is 0.877. The zero-order valence-electron chi connectivity index (χ0n) is 14.3. The molecule has 0 aromatic heterocycles. The molecule has 1 aliphatic heterocycles. The van der Waals surface area contributed by atoms with E-state index in [1.807, 2.05) is 49.4 Å². The van der Waals surface area contributed by atoms with E-state index < -0.39 is 5.54 Å². The number of hydrogen-bond donors (Lipinski definition) is 1. The molecule has 5 nitrogen and oxygen atoms in total. The molecule has 1 saturated heterocycles. The van der Waals surface area contributed by atoms with Crippen LogP contribution in [0.2, 0.25) is 0 Å². The summed E-state index contributed by atoms with van der Waals surface area (Å²) in [4.78, 5) is 27.1. The van der Waals surface area contributed by atoms with Crippen molar-refractivity contribution >= 4 is 11.9 Å². The maximum absolute atomic E-state index is 13.2. The van der Waals surface area contributed by atoms with Gasteiger partial charge in [0.15, 0.2) is 0 Å². The maximum Gasteiger partial charge on any atom is 0.325 e. The second kappa shape index (κ2) is 5.62. The van der Waals surface area contributed by atoms with Gasteiger partial charge in [0.05, 0.1) is 13.7 Å². The van der Waals surface area contributed by atoms with Gasteiger partial charge in [0.1, 0.15) is 11.3 Å². The van der Waals surface area contributed by atoms with Gasteiger partial charge in [-0.2, -0.15) is 0 Å². The Morgan fingerprint density at radius 2 is 2.00 bits per heavy atom. The fourth-order valence-electron chi connectivity index (χ4n) is 3.93. The summed E-state index contributed by atoms with van der Waals surface area (Å²) in [5, 5.41) is 2.95. The van der Waals surface area contributed by atoms with E-state index in [1.54, 1.807) is 7.11 Å². The van der Waals surface area contributed by atoms with Crippen molar-refractivity contribution in [2.24, 2.45) is 0 Å². The first-order valence-corrected chi connectivity index (χ1v) is 8.41. The molecule has 0 unspecified atom stereocenters. The minimum Gasteiger partial charge on any atom is -0.496 e. The van der Waals surface area contributed by atoms with Crippen molar-refractivity contribution in [1.82, 2.24) is 10.2 Å². The first-order chi connectivity index (χ1) is 12.0. The normalized spacial score (nSPS) is 21.6. The fraction of sp³-hybridized carbons (Fsp3) is 0.300. The number of imide groups is 1. The molecule has 0 radical (unpaired) electrons. The van der Waals surface area contributed by atoms with E-state index >= 15 is 0 Å². The fourth-order valence-corrected chi connectivity index (χ4v) is 3.93. The summed E-state index contributed by atoms with van der Waals surface area (Å²) in [6, 6.07) is 13.3. The van der Waals surface area contributed by atoms with Gasteiger partial charge in [-0.05, 0) is 37.0 Å². The van der Waals surface area contributed by atoms with Crippen molar-refractivity contribution in [2.45, 2.75) is 31.8 Å². The molecule has 0 saturated carbocycles. The van der Waals surface area contributed by atoms with Gasteiger partial charge in [-0.25, -0.2) is 4.79 Å². The number of carbonyl (C=O) groups excluding carboxylic acids is 2. The number of urea groups is 1. The average molecular weight is 336 g/mol. The Balaban J connectivity index is 1.69. The number of fused-ring (bicyclic) bond motifs is 2. The molecule has 25 heavy (non-hydrogen) atoms. The lowest BCUT2D eigenvalue weighted by Crippen LogP contribution is -2.41. The lowest BCUT2D eigenvalue weighted by Gasteiger charge is -2.22. The topological polar surface area (TPSA) is 58.6 Å². The van der Waals surface area contributed by atoms with Crippen molar-refractivity contribution in [1.29, 1.82) is 0 Å². The Labute approximate surface area is 146 Å². The molecule has 1 heterocycles. The van der Waals surface area contributed by atoms with Crippen LogP contribution in [0.15, 0.2) is 42.5 Å². The SMILES string of the molecule is COc1ccc(C)cc1CN1C(=O)N[C@@]2(CCc3ccccc32)C1=O. The van der Waals surface area contributed by atoms with Crippen LogP contribution >= 0.6 is 0 Å². The van der Waals surface area contributed by atoms with Crippen LogP contribution in [-0.2, 0) is 23.3 Å². The Kier molecular flexibility index (Phi) is 3.53. The van der Waals surface area contributed by atoms with Gasteiger partial charge in [0, 0.05) is 5.56 Å². The maximum atomic E-state index is 13.2. The number of nitrogens with zero attached hydrogens (tertiary/aromatic N) is 1. The first-order valence-electron chi connectivity index (χ1n) is 8.41. The van der Waals surface area contributed by atoms with Gasteiger partial charge in [-0.15, -0.1) is 0 Å². The molecule has 1 atom stereocenters. The van der Waals surface area contributed by atoms with E-state index in [4.69, 9.17) is 4.74 Å². The average Bonchev–Trinajstić information content (AvgIpc) is 3.09. The standard InChI is InChI=1S/C20H20N2O3/c1-13-7-8-17(25-2)15(11-13)12-22-18(23)20(21-19(22)24)10-9-14-5-3-4-6-16(14)20/h3-8,11H,9-10,12H2,1-2H3,(H,21,24)/t20-/m1/s1. The van der Waals surface area contributed by atoms with Gasteiger partial charge in [0.25, 0.3) is 5.91 Å². The lowest BCUT2D eigenvalue weighted by atomic mass is 9.92. The number of benzene rings is 2. The molecule has 2 aromatic carbocycles. The minimum absolute atomic E-state index is 0.175. The third-order valence-corrected chi connectivity index (χ3v) is 5.19. The molecule has 0 bridgehead atoms. The molecular weight excluding hydrogens is 316 g/mol. The van der Waals surface area contributed by atoms with Crippen LogP contribution in [0, 0.1) is 6.92 Å². The summed E-state index contributed by atoms with van der Waals surface area (Å²) < 4.78 is 5.38. The Hall–Kier alpha value is -2.82. The van der Waals surface area contributed by atoms with Crippen LogP contribution in [0.25, 0.3) is 0 Å². The summed E-state index contributed by atoms with van der Waals surface area (Å²) in [6.45, 7) is 2.18. The molecule has 2 aliphatic rings. The Morgan fingerprint density at radius 3 is 2.80 bits per heavy atom. The van der Waals surface area contributed by atoms with E-state index in [-0.39, 0.29) is 18.5 Å². The molecular formula is C20H20N2O3. The second-order valence-electron chi connectivity index (χ2n) is 6.70. The molecule has 4 rings (SSSR count). The highest BCUT2D eigenvalue weighted by atomic mass is 16.5. The van der Waals surface area contributed by atoms with E-state index in [1.165, 1.54) is 4.90 Å². The van der Waals surface area contributed by atoms with Crippen LogP contribution in [0.5, 0.6) is 5.75 Å². The van der Waals surface area contributed by atoms with E-state index in [2.05, 4.69) is 5.32 Å². The number of amides is 3. The van der Waals surface area contributed by atoms with Crippen LogP contribution in [0.4, 0.5) is 4.79 Å². The third-order valence-electron chi connectivity index (χ3n) is 5.19. The predicted octanol–water partition coefficient (Wildman–Crippen LogP) is 2.90. The third kappa shape index (κ3) is 2.30.